The second kappa shape index (κ2) is 7.74. The van der Waals surface area contributed by atoms with Crippen LogP contribution in [0.3, 0.4) is 0 Å². The number of carbonyl (C=O) groups excluding carboxylic acids is 1. The molecule has 0 atom stereocenters. The van der Waals surface area contributed by atoms with Crippen molar-refractivity contribution in [2.24, 2.45) is 0 Å². The van der Waals surface area contributed by atoms with E-state index in [9.17, 15) is 18.0 Å². The number of rotatable bonds is 7. The molecule has 7 heteroatoms. The lowest BCUT2D eigenvalue weighted by molar-refractivity contribution is -0.191. The molecule has 1 amide bonds. The van der Waals surface area contributed by atoms with Crippen LogP contribution in [0.4, 0.5) is 13.2 Å². The lowest BCUT2D eigenvalue weighted by Gasteiger charge is -2.09. The Morgan fingerprint density at radius 2 is 2.00 bits per heavy atom. The van der Waals surface area contributed by atoms with Crippen LogP contribution in [-0.2, 0) is 9.63 Å². The minimum Gasteiger partial charge on any atom is -0.493 e. The van der Waals surface area contributed by atoms with Crippen LogP contribution in [-0.4, -0.2) is 25.3 Å². The van der Waals surface area contributed by atoms with Gasteiger partial charge in [0.2, 0.25) is 5.91 Å². The van der Waals surface area contributed by atoms with Crippen molar-refractivity contribution in [3.05, 3.63) is 29.8 Å². The summed E-state index contributed by atoms with van der Waals surface area (Å²) in [7, 11) is 0. The number of alkyl halides is 3. The third-order valence-electron chi connectivity index (χ3n) is 2.32. The van der Waals surface area contributed by atoms with Gasteiger partial charge in [-0.15, -0.1) is 0 Å². The summed E-state index contributed by atoms with van der Waals surface area (Å²) >= 11 is 0. The molecule has 4 nitrogen and oxygen atoms in total. The van der Waals surface area contributed by atoms with E-state index in [0.29, 0.717) is 13.0 Å². The standard InChI is InChI=1S/C13H16F3NO3/c1-10-5-2-3-6-11(10)19-8-4-7-12(18)17-20-9-13(14,15)16/h2-3,5-6H,4,7-9H2,1H3,(H,17,18). The molecule has 0 saturated carbocycles. The van der Waals surface area contributed by atoms with Crippen molar-refractivity contribution in [2.75, 3.05) is 13.2 Å². The van der Waals surface area contributed by atoms with Crippen molar-refractivity contribution in [3.63, 3.8) is 0 Å². The van der Waals surface area contributed by atoms with Gasteiger partial charge in [-0.1, -0.05) is 18.2 Å². The fraction of sp³-hybridized carbons (Fsp3) is 0.462. The Morgan fingerprint density at radius 1 is 1.30 bits per heavy atom. The number of para-hydroxylation sites is 1. The molecule has 0 fully saturated rings. The molecule has 0 aromatic heterocycles. The summed E-state index contributed by atoms with van der Waals surface area (Å²) in [5.74, 6) is 0.115. The molecule has 0 aliphatic rings. The molecule has 0 saturated heterocycles. The van der Waals surface area contributed by atoms with Gasteiger partial charge in [0.15, 0.2) is 6.61 Å². The van der Waals surface area contributed by atoms with E-state index in [4.69, 9.17) is 4.74 Å². The quantitative estimate of drug-likeness (QED) is 0.620. The monoisotopic (exact) mass is 291 g/mol. The summed E-state index contributed by atoms with van der Waals surface area (Å²) in [6.07, 6.45) is -4.04. The number of hydrogen-bond donors (Lipinski definition) is 1. The summed E-state index contributed by atoms with van der Waals surface area (Å²) < 4.78 is 40.7. The highest BCUT2D eigenvalue weighted by Crippen LogP contribution is 2.16. The SMILES string of the molecule is Cc1ccccc1OCCCC(=O)NOCC(F)(F)F. The third kappa shape index (κ3) is 6.98. The number of nitrogens with one attached hydrogen (secondary N) is 1. The van der Waals surface area contributed by atoms with Gasteiger partial charge in [-0.3, -0.25) is 9.63 Å². The predicted molar refractivity (Wildman–Crippen MR) is 66.1 cm³/mol. The van der Waals surface area contributed by atoms with E-state index in [2.05, 4.69) is 4.84 Å². The second-order valence-corrected chi connectivity index (χ2v) is 4.15. The normalized spacial score (nSPS) is 11.2. The molecule has 20 heavy (non-hydrogen) atoms. The number of aryl methyl sites for hydroxylation is 1. The summed E-state index contributed by atoms with van der Waals surface area (Å²) in [5.41, 5.74) is 2.71. The number of hydroxylamine groups is 1. The molecule has 0 heterocycles. The molecular weight excluding hydrogens is 275 g/mol. The van der Waals surface area contributed by atoms with Crippen molar-refractivity contribution in [1.82, 2.24) is 5.48 Å². The minimum atomic E-state index is -4.46. The average Bonchev–Trinajstić information content (AvgIpc) is 2.35. The van der Waals surface area contributed by atoms with Gasteiger partial charge in [-0.2, -0.15) is 13.2 Å². The molecule has 1 aromatic rings. The Morgan fingerprint density at radius 3 is 2.65 bits per heavy atom. The number of benzene rings is 1. The minimum absolute atomic E-state index is 0.0315. The van der Waals surface area contributed by atoms with Crippen molar-refractivity contribution < 1.29 is 27.5 Å². The van der Waals surface area contributed by atoms with Gasteiger partial charge in [0.1, 0.15) is 5.75 Å². The van der Waals surface area contributed by atoms with E-state index in [1.54, 1.807) is 5.48 Å². The fourth-order valence-corrected chi connectivity index (χ4v) is 1.38. The molecule has 1 aromatic carbocycles. The van der Waals surface area contributed by atoms with Crippen LogP contribution in [0, 0.1) is 6.92 Å². The van der Waals surface area contributed by atoms with Crippen LogP contribution < -0.4 is 10.2 Å². The highest BCUT2D eigenvalue weighted by molar-refractivity contribution is 5.74. The van der Waals surface area contributed by atoms with E-state index < -0.39 is 18.7 Å². The molecule has 112 valence electrons. The summed E-state index contributed by atoms with van der Waals surface area (Å²) in [6, 6.07) is 7.42. The van der Waals surface area contributed by atoms with Gasteiger partial charge in [-0.05, 0) is 25.0 Å². The van der Waals surface area contributed by atoms with E-state index in [-0.39, 0.29) is 6.42 Å². The van der Waals surface area contributed by atoms with E-state index in [0.717, 1.165) is 11.3 Å². The highest BCUT2D eigenvalue weighted by atomic mass is 19.4. The van der Waals surface area contributed by atoms with Gasteiger partial charge in [0.05, 0.1) is 6.61 Å². The topological polar surface area (TPSA) is 47.6 Å². The molecule has 0 radical (unpaired) electrons. The largest absolute Gasteiger partial charge is 0.493 e. The second-order valence-electron chi connectivity index (χ2n) is 4.15. The van der Waals surface area contributed by atoms with Gasteiger partial charge < -0.3 is 4.74 Å². The van der Waals surface area contributed by atoms with E-state index >= 15 is 0 Å². The zero-order valence-corrected chi connectivity index (χ0v) is 11.0. The van der Waals surface area contributed by atoms with Crippen LogP contribution in [0.2, 0.25) is 0 Å². The first-order valence-electron chi connectivity index (χ1n) is 6.04. The third-order valence-corrected chi connectivity index (χ3v) is 2.32. The van der Waals surface area contributed by atoms with Gasteiger partial charge >= 0.3 is 6.18 Å². The van der Waals surface area contributed by atoms with Crippen LogP contribution in [0.1, 0.15) is 18.4 Å². The van der Waals surface area contributed by atoms with Crippen molar-refractivity contribution in [2.45, 2.75) is 25.9 Å². The Balaban J connectivity index is 2.12. The number of carbonyl (C=O) groups is 1. The zero-order chi connectivity index (χ0) is 15.0. The van der Waals surface area contributed by atoms with Crippen molar-refractivity contribution in [1.29, 1.82) is 0 Å². The number of ether oxygens (including phenoxy) is 1. The molecule has 0 bridgehead atoms. The maximum atomic E-state index is 11.7. The molecule has 0 aliphatic carbocycles. The first-order valence-corrected chi connectivity index (χ1v) is 6.04. The predicted octanol–water partition coefficient (Wildman–Crippen LogP) is 2.76. The number of halogens is 3. The number of hydrogen-bond acceptors (Lipinski definition) is 3. The van der Waals surface area contributed by atoms with E-state index in [1.165, 1.54) is 0 Å². The van der Waals surface area contributed by atoms with Crippen LogP contribution in [0.25, 0.3) is 0 Å². The first-order chi connectivity index (χ1) is 9.38. The fourth-order valence-electron chi connectivity index (χ4n) is 1.38. The maximum Gasteiger partial charge on any atom is 0.414 e. The van der Waals surface area contributed by atoms with Gasteiger partial charge in [0.25, 0.3) is 0 Å². The molecule has 1 N–H and O–H groups in total. The Labute approximate surface area is 114 Å². The number of amides is 1. The summed E-state index contributed by atoms with van der Waals surface area (Å²) in [5, 5.41) is 0. The Bertz CT molecular complexity index is 435. The molecule has 0 spiro atoms. The van der Waals surface area contributed by atoms with E-state index in [1.807, 2.05) is 31.2 Å². The highest BCUT2D eigenvalue weighted by Gasteiger charge is 2.28. The van der Waals surface area contributed by atoms with Crippen molar-refractivity contribution >= 4 is 5.91 Å². The van der Waals surface area contributed by atoms with Crippen LogP contribution in [0.5, 0.6) is 5.75 Å². The van der Waals surface area contributed by atoms with Crippen molar-refractivity contribution in [3.8, 4) is 5.75 Å². The summed E-state index contributed by atoms with van der Waals surface area (Å²) in [4.78, 5) is 15.2. The van der Waals surface area contributed by atoms with Gasteiger partial charge in [-0.25, -0.2) is 5.48 Å². The smallest absolute Gasteiger partial charge is 0.414 e. The zero-order valence-electron chi connectivity index (χ0n) is 11.0. The molecule has 0 unspecified atom stereocenters. The lowest BCUT2D eigenvalue weighted by Crippen LogP contribution is -2.29. The first kappa shape index (κ1) is 16.3. The molecular formula is C13H16F3NO3. The Hall–Kier alpha value is -1.76. The van der Waals surface area contributed by atoms with Crippen LogP contribution >= 0.6 is 0 Å². The lowest BCUT2D eigenvalue weighted by atomic mass is 10.2. The maximum absolute atomic E-state index is 11.7. The average molecular weight is 291 g/mol. The molecule has 1 rings (SSSR count). The van der Waals surface area contributed by atoms with Crippen LogP contribution in [0.15, 0.2) is 24.3 Å². The molecule has 0 aliphatic heterocycles. The Kier molecular flexibility index (Phi) is 6.30. The van der Waals surface area contributed by atoms with Gasteiger partial charge in [0, 0.05) is 6.42 Å². The summed E-state index contributed by atoms with van der Waals surface area (Å²) in [6.45, 7) is 0.697.